The largest absolute Gasteiger partial charge is 0.460 e. The smallest absolute Gasteiger partial charge is 0.391 e. The highest BCUT2D eigenvalue weighted by Gasteiger charge is 2.94. The third-order valence-corrected chi connectivity index (χ3v) is 4.66. The number of aliphatic hydroxyl groups excluding tert-OH is 1. The van der Waals surface area contributed by atoms with Gasteiger partial charge in [0.25, 0.3) is 5.91 Å². The van der Waals surface area contributed by atoms with Crippen LogP contribution in [0, 0.1) is 0 Å². The quantitative estimate of drug-likeness (QED) is 0.484. The highest BCUT2D eigenvalue weighted by atomic mass is 19.4. The zero-order chi connectivity index (χ0) is 25.8. The Morgan fingerprint density at radius 1 is 0.625 bits per heavy atom. The monoisotopic (exact) mass is 511 g/mol. The molecular weight excluding hydrogens is 499 g/mol. The second-order valence-electron chi connectivity index (χ2n) is 6.88. The van der Waals surface area contributed by atoms with Crippen molar-refractivity contribution >= 4 is 5.91 Å². The number of halogens is 15. The lowest BCUT2D eigenvalue weighted by Crippen LogP contribution is -2.74. The number of hydrogen-bond acceptors (Lipinski definition) is 2. The minimum Gasteiger partial charge on any atom is -0.391 e. The normalized spacial score (nSPS) is 22.6. The Morgan fingerprint density at radius 3 is 1.41 bits per heavy atom. The van der Waals surface area contributed by atoms with Gasteiger partial charge in [-0.15, -0.1) is 0 Å². The maximum absolute atomic E-state index is 13.7. The van der Waals surface area contributed by atoms with Gasteiger partial charge in [0.2, 0.25) is 0 Å². The van der Waals surface area contributed by atoms with Crippen LogP contribution < -0.4 is 5.32 Å². The van der Waals surface area contributed by atoms with Crippen LogP contribution in [0.3, 0.4) is 0 Å². The van der Waals surface area contributed by atoms with Crippen molar-refractivity contribution in [2.75, 3.05) is 0 Å². The SMILES string of the molecule is O=C(NC1CCCCC1O)C(F)(F)C(F)(F)C(F)(F)C(F)(F)C(F)(F)C(F)(F)C(F)(F)F. The van der Waals surface area contributed by atoms with Crippen LogP contribution in [-0.2, 0) is 4.79 Å². The summed E-state index contributed by atoms with van der Waals surface area (Å²) in [6, 6.07) is -1.79. The molecule has 0 spiro atoms. The van der Waals surface area contributed by atoms with E-state index in [-0.39, 0.29) is 19.3 Å². The van der Waals surface area contributed by atoms with Crippen molar-refractivity contribution in [3.05, 3.63) is 0 Å². The molecule has 0 radical (unpaired) electrons. The number of carbonyl (C=O) groups excluding carboxylic acids is 1. The molecule has 1 aliphatic carbocycles. The molecule has 2 N–H and O–H groups in total. The van der Waals surface area contributed by atoms with Crippen molar-refractivity contribution in [1.29, 1.82) is 0 Å². The molecule has 1 rings (SSSR count). The van der Waals surface area contributed by atoms with Crippen LogP contribution in [0.4, 0.5) is 65.9 Å². The Morgan fingerprint density at radius 2 is 1.00 bits per heavy atom. The summed E-state index contributed by atoms with van der Waals surface area (Å²) in [5.41, 5.74) is 0. The predicted octanol–water partition coefficient (Wildman–Crippen LogP) is 4.78. The fourth-order valence-electron chi connectivity index (χ4n) is 2.65. The van der Waals surface area contributed by atoms with Gasteiger partial charge in [0, 0.05) is 0 Å². The van der Waals surface area contributed by atoms with Gasteiger partial charge in [0.05, 0.1) is 12.1 Å². The standard InChI is InChI=1S/C14H12F15NO2/c15-8(16,7(32)30-5-3-1-2-4-6(5)31)9(17,18)10(19,20)11(21,22)12(23,24)13(25,26)14(27,28)29/h5-6,31H,1-4H2,(H,30,32). The van der Waals surface area contributed by atoms with Crippen molar-refractivity contribution in [2.24, 2.45) is 0 Å². The van der Waals surface area contributed by atoms with Crippen LogP contribution in [0.15, 0.2) is 0 Å². The van der Waals surface area contributed by atoms with Crippen molar-refractivity contribution < 1.29 is 75.8 Å². The number of amides is 1. The van der Waals surface area contributed by atoms with Crippen LogP contribution >= 0.6 is 0 Å². The summed E-state index contributed by atoms with van der Waals surface area (Å²) < 4.78 is 196. The van der Waals surface area contributed by atoms with Gasteiger partial charge in [-0.2, -0.15) is 65.9 Å². The van der Waals surface area contributed by atoms with Crippen molar-refractivity contribution in [3.63, 3.8) is 0 Å². The molecule has 2 atom stereocenters. The molecule has 0 aliphatic heterocycles. The maximum atomic E-state index is 13.7. The Kier molecular flexibility index (Phi) is 7.10. The summed E-state index contributed by atoms with van der Waals surface area (Å²) >= 11 is 0. The average Bonchev–Trinajstić information content (AvgIpc) is 2.61. The van der Waals surface area contributed by atoms with Crippen LogP contribution in [0.5, 0.6) is 0 Å². The number of nitrogens with one attached hydrogen (secondary N) is 1. The van der Waals surface area contributed by atoms with E-state index in [9.17, 15) is 75.8 Å². The minimum absolute atomic E-state index is 0.0803. The minimum atomic E-state index is -8.45. The summed E-state index contributed by atoms with van der Waals surface area (Å²) in [5.74, 6) is -51.6. The van der Waals surface area contributed by atoms with Gasteiger partial charge in [-0.3, -0.25) is 4.79 Å². The van der Waals surface area contributed by atoms with E-state index in [0.29, 0.717) is 0 Å². The molecule has 0 bridgehead atoms. The zero-order valence-electron chi connectivity index (χ0n) is 15.0. The van der Waals surface area contributed by atoms with Crippen LogP contribution in [0.2, 0.25) is 0 Å². The molecule has 3 nitrogen and oxygen atoms in total. The van der Waals surface area contributed by atoms with E-state index < -0.39 is 66.2 Å². The molecule has 32 heavy (non-hydrogen) atoms. The zero-order valence-corrected chi connectivity index (χ0v) is 15.0. The molecule has 0 aromatic rings. The molecule has 0 heterocycles. The molecule has 0 aromatic carbocycles. The molecule has 0 aromatic heterocycles. The van der Waals surface area contributed by atoms with Gasteiger partial charge < -0.3 is 10.4 Å². The van der Waals surface area contributed by atoms with Gasteiger partial charge in [0.1, 0.15) is 0 Å². The van der Waals surface area contributed by atoms with Gasteiger partial charge in [0.15, 0.2) is 0 Å². The Labute approximate surface area is 167 Å². The summed E-state index contributed by atoms with van der Waals surface area (Å²) in [4.78, 5) is 11.4. The molecule has 1 fully saturated rings. The summed E-state index contributed by atoms with van der Waals surface area (Å²) in [6.07, 6.45) is -9.66. The Bertz CT molecular complexity index is 703. The van der Waals surface area contributed by atoms with Crippen LogP contribution in [0.1, 0.15) is 25.7 Å². The fourth-order valence-corrected chi connectivity index (χ4v) is 2.65. The number of alkyl halides is 15. The highest BCUT2D eigenvalue weighted by molar-refractivity contribution is 5.85. The lowest BCUT2D eigenvalue weighted by atomic mass is 9.89. The number of carbonyl (C=O) groups is 1. The van der Waals surface area contributed by atoms with Gasteiger partial charge in [-0.1, -0.05) is 12.8 Å². The van der Waals surface area contributed by atoms with Gasteiger partial charge in [-0.05, 0) is 12.8 Å². The first kappa shape index (κ1) is 28.4. The molecule has 2 unspecified atom stereocenters. The number of rotatable bonds is 7. The predicted molar refractivity (Wildman–Crippen MR) is 72.1 cm³/mol. The molecule has 190 valence electrons. The summed E-state index contributed by atoms with van der Waals surface area (Å²) in [7, 11) is 0. The topological polar surface area (TPSA) is 49.3 Å². The van der Waals surface area contributed by atoms with E-state index >= 15 is 0 Å². The highest BCUT2D eigenvalue weighted by Crippen LogP contribution is 2.62. The lowest BCUT2D eigenvalue weighted by Gasteiger charge is -2.41. The lowest BCUT2D eigenvalue weighted by molar-refractivity contribution is -0.449. The van der Waals surface area contributed by atoms with E-state index in [2.05, 4.69) is 0 Å². The van der Waals surface area contributed by atoms with E-state index in [1.54, 1.807) is 0 Å². The molecule has 18 heteroatoms. The summed E-state index contributed by atoms with van der Waals surface area (Å²) in [5, 5.41) is 10.4. The molecular formula is C14H12F15NO2. The third-order valence-electron chi connectivity index (χ3n) is 4.66. The fraction of sp³-hybridized carbons (Fsp3) is 0.929. The van der Waals surface area contributed by atoms with E-state index in [1.165, 1.54) is 0 Å². The first-order valence-corrected chi connectivity index (χ1v) is 8.24. The first-order chi connectivity index (χ1) is 13.9. The van der Waals surface area contributed by atoms with Crippen molar-refractivity contribution in [3.8, 4) is 0 Å². The number of aliphatic hydroxyl groups is 1. The third kappa shape index (κ3) is 3.95. The second kappa shape index (κ2) is 8.00. The van der Waals surface area contributed by atoms with Crippen LogP contribution in [-0.4, -0.2) is 64.9 Å². The summed E-state index contributed by atoms with van der Waals surface area (Å²) in [6.45, 7) is 0. The first-order valence-electron chi connectivity index (χ1n) is 8.24. The maximum Gasteiger partial charge on any atom is 0.460 e. The van der Waals surface area contributed by atoms with Gasteiger partial charge in [-0.25, -0.2) is 0 Å². The van der Waals surface area contributed by atoms with Crippen molar-refractivity contribution in [1.82, 2.24) is 5.32 Å². The molecule has 1 amide bonds. The molecule has 1 aliphatic rings. The number of hydrogen-bond donors (Lipinski definition) is 2. The second-order valence-corrected chi connectivity index (χ2v) is 6.88. The molecule has 0 saturated heterocycles. The van der Waals surface area contributed by atoms with E-state index in [4.69, 9.17) is 0 Å². The van der Waals surface area contributed by atoms with Gasteiger partial charge >= 0.3 is 41.7 Å². The van der Waals surface area contributed by atoms with E-state index in [0.717, 1.165) is 5.32 Å². The Hall–Kier alpha value is -1.62. The molecule has 1 saturated carbocycles. The van der Waals surface area contributed by atoms with Crippen molar-refractivity contribution in [2.45, 2.75) is 79.5 Å². The average molecular weight is 511 g/mol. The van der Waals surface area contributed by atoms with Crippen LogP contribution in [0.25, 0.3) is 0 Å². The Balaban J connectivity index is 3.40. The van der Waals surface area contributed by atoms with E-state index in [1.807, 2.05) is 0 Å².